The van der Waals surface area contributed by atoms with Gasteiger partial charge < -0.3 is 15.6 Å². The second kappa shape index (κ2) is 11.6. The fraction of sp³-hybridized carbons (Fsp3) is 0.522. The van der Waals surface area contributed by atoms with Gasteiger partial charge in [-0.3, -0.25) is 14.9 Å². The molecule has 0 aliphatic carbocycles. The van der Waals surface area contributed by atoms with Crippen LogP contribution in [-0.4, -0.2) is 53.3 Å². The van der Waals surface area contributed by atoms with Gasteiger partial charge in [0.25, 0.3) is 0 Å². The Bertz CT molecular complexity index is 924. The average molecular weight is 426 g/mol. The number of nitrogens with zero attached hydrogens (tertiary/aromatic N) is 3. The van der Waals surface area contributed by atoms with Gasteiger partial charge in [0.15, 0.2) is 5.84 Å². The van der Waals surface area contributed by atoms with E-state index in [0.29, 0.717) is 24.7 Å². The molecule has 8 heteroatoms. The third kappa shape index (κ3) is 6.38. The van der Waals surface area contributed by atoms with Crippen LogP contribution in [0.4, 0.5) is 5.82 Å². The van der Waals surface area contributed by atoms with Crippen LogP contribution in [0.2, 0.25) is 0 Å². The second-order valence-corrected chi connectivity index (χ2v) is 8.11. The molecule has 1 saturated heterocycles. The van der Waals surface area contributed by atoms with Crippen molar-refractivity contribution in [2.75, 3.05) is 31.6 Å². The van der Waals surface area contributed by atoms with Crippen molar-refractivity contribution in [3.63, 3.8) is 0 Å². The van der Waals surface area contributed by atoms with Crippen LogP contribution in [0.15, 0.2) is 34.1 Å². The molecule has 1 aromatic carbocycles. The third-order valence-electron chi connectivity index (χ3n) is 5.65. The van der Waals surface area contributed by atoms with Gasteiger partial charge in [-0.2, -0.15) is 0 Å². The van der Waals surface area contributed by atoms with Crippen molar-refractivity contribution in [1.82, 2.24) is 19.8 Å². The third-order valence-corrected chi connectivity index (χ3v) is 5.65. The van der Waals surface area contributed by atoms with Crippen LogP contribution < -0.4 is 16.3 Å². The molecular formula is C23H35N7O. The van der Waals surface area contributed by atoms with Gasteiger partial charge in [-0.05, 0) is 56.7 Å². The van der Waals surface area contributed by atoms with E-state index in [9.17, 15) is 4.79 Å². The highest BCUT2D eigenvalue weighted by atomic mass is 16.1. The molecule has 31 heavy (non-hydrogen) atoms. The maximum absolute atomic E-state index is 12.7. The van der Waals surface area contributed by atoms with Crippen molar-refractivity contribution in [2.45, 2.75) is 52.1 Å². The van der Waals surface area contributed by atoms with E-state index in [1.807, 2.05) is 6.07 Å². The molecule has 1 aliphatic rings. The number of imidazole rings is 1. The Hall–Kier alpha value is -2.71. The summed E-state index contributed by atoms with van der Waals surface area (Å²) in [6.07, 6.45) is 6.07. The molecule has 0 atom stereocenters. The molecule has 8 nitrogen and oxygen atoms in total. The fourth-order valence-corrected chi connectivity index (χ4v) is 3.98. The molecule has 1 aromatic heterocycles. The Morgan fingerprint density at radius 3 is 2.68 bits per heavy atom. The number of rotatable bonds is 11. The average Bonchev–Trinajstić information content (AvgIpc) is 3.09. The molecule has 0 saturated carbocycles. The molecule has 4 N–H and O–H groups in total. The number of likely N-dealkylation sites (tertiary alicyclic amines) is 1. The lowest BCUT2D eigenvalue weighted by Crippen LogP contribution is -2.29. The minimum absolute atomic E-state index is 0.0502. The molecule has 1 aliphatic heterocycles. The summed E-state index contributed by atoms with van der Waals surface area (Å²) in [5, 5.41) is 14.6. The molecule has 0 spiro atoms. The van der Waals surface area contributed by atoms with Crippen LogP contribution in [0.1, 0.15) is 55.8 Å². The van der Waals surface area contributed by atoms with Gasteiger partial charge in [-0.15, -0.1) is 0 Å². The topological polar surface area (TPSA) is 101 Å². The summed E-state index contributed by atoms with van der Waals surface area (Å²) in [5.41, 5.74) is 2.42. The monoisotopic (exact) mass is 425 g/mol. The van der Waals surface area contributed by atoms with Crippen molar-refractivity contribution in [3.05, 3.63) is 51.6 Å². The number of anilines is 1. The first-order valence-electron chi connectivity index (χ1n) is 11.3. The molecule has 1 fully saturated rings. The number of unbranched alkanes of at least 4 members (excludes halogenated alkanes) is 1. The van der Waals surface area contributed by atoms with Crippen LogP contribution in [-0.2, 0) is 13.1 Å². The van der Waals surface area contributed by atoms with E-state index >= 15 is 0 Å². The smallest absolute Gasteiger partial charge is 0.328 e. The zero-order valence-electron chi connectivity index (χ0n) is 18.5. The molecule has 0 unspecified atom stereocenters. The Labute approximate surface area is 184 Å². The first-order valence-corrected chi connectivity index (χ1v) is 11.3. The maximum Gasteiger partial charge on any atom is 0.328 e. The van der Waals surface area contributed by atoms with E-state index < -0.39 is 0 Å². The number of benzene rings is 1. The predicted molar refractivity (Wildman–Crippen MR) is 128 cm³/mol. The first-order chi connectivity index (χ1) is 15.1. The number of H-pyrrole nitrogens is 1. The highest BCUT2D eigenvalue weighted by Gasteiger charge is 2.17. The highest BCUT2D eigenvalue weighted by molar-refractivity contribution is 6.01. The van der Waals surface area contributed by atoms with Crippen molar-refractivity contribution in [2.24, 2.45) is 4.99 Å². The zero-order chi connectivity index (χ0) is 22.1. The molecular weight excluding hydrogens is 390 g/mol. The number of amidine groups is 1. The molecule has 3 rings (SSSR count). The fourth-order valence-electron chi connectivity index (χ4n) is 3.98. The number of piperidine rings is 1. The standard InChI is InChI=1S/C23H35N7O/c1-3-4-11-26-17-27-22-20(21(24)25-2)28-23(31)30(22)16-19-10-8-9-18(14-19)15-29-12-6-5-7-13-29/h8-10,14,24,26-27H,2-7,11-13,15-17H2,1H3,(H,28,31). The number of aromatic amines is 1. The number of hydrogen-bond donors (Lipinski definition) is 4. The molecule has 2 heterocycles. The maximum atomic E-state index is 12.7. The molecule has 0 amide bonds. The largest absolute Gasteiger partial charge is 0.357 e. The van der Waals surface area contributed by atoms with Gasteiger partial charge >= 0.3 is 5.69 Å². The molecule has 0 radical (unpaired) electrons. The molecule has 0 bridgehead atoms. The van der Waals surface area contributed by atoms with Gasteiger partial charge in [0, 0.05) is 6.54 Å². The highest BCUT2D eigenvalue weighted by Crippen LogP contribution is 2.17. The van der Waals surface area contributed by atoms with E-state index in [0.717, 1.165) is 44.6 Å². The van der Waals surface area contributed by atoms with Crippen molar-refractivity contribution < 1.29 is 0 Å². The van der Waals surface area contributed by atoms with Gasteiger partial charge in [-0.1, -0.05) is 44.0 Å². The van der Waals surface area contributed by atoms with Gasteiger partial charge in [-0.25, -0.2) is 9.79 Å². The minimum atomic E-state index is -0.263. The molecule has 2 aromatic rings. The minimum Gasteiger partial charge on any atom is -0.357 e. The Balaban J connectivity index is 1.77. The normalized spacial score (nSPS) is 14.5. The van der Waals surface area contributed by atoms with E-state index in [4.69, 9.17) is 5.41 Å². The predicted octanol–water partition coefficient (Wildman–Crippen LogP) is 3.00. The Morgan fingerprint density at radius 1 is 1.23 bits per heavy atom. The number of hydrogen-bond acceptors (Lipinski definition) is 5. The Morgan fingerprint density at radius 2 is 1.97 bits per heavy atom. The van der Waals surface area contributed by atoms with Crippen LogP contribution >= 0.6 is 0 Å². The van der Waals surface area contributed by atoms with E-state index in [1.165, 1.54) is 24.8 Å². The zero-order valence-corrected chi connectivity index (χ0v) is 18.5. The summed E-state index contributed by atoms with van der Waals surface area (Å²) in [4.78, 5) is 21.7. The number of nitrogens with one attached hydrogen (secondary N) is 4. The van der Waals surface area contributed by atoms with Crippen molar-refractivity contribution >= 4 is 18.4 Å². The summed E-state index contributed by atoms with van der Waals surface area (Å²) in [6.45, 7) is 10.6. The van der Waals surface area contributed by atoms with Gasteiger partial charge in [0.2, 0.25) is 0 Å². The lowest BCUT2D eigenvalue weighted by Gasteiger charge is -2.26. The lowest BCUT2D eigenvalue weighted by molar-refractivity contribution is 0.221. The van der Waals surface area contributed by atoms with E-state index in [1.54, 1.807) is 4.57 Å². The van der Waals surface area contributed by atoms with Crippen LogP contribution in [0, 0.1) is 5.41 Å². The van der Waals surface area contributed by atoms with E-state index in [2.05, 4.69) is 57.4 Å². The number of aromatic nitrogens is 2. The van der Waals surface area contributed by atoms with Crippen LogP contribution in [0.5, 0.6) is 0 Å². The summed E-state index contributed by atoms with van der Waals surface area (Å²) in [6, 6.07) is 8.42. The van der Waals surface area contributed by atoms with Crippen LogP contribution in [0.25, 0.3) is 0 Å². The quantitative estimate of drug-likeness (QED) is 0.192. The SMILES string of the molecule is C=NC(=N)c1[nH]c(=O)n(Cc2cccc(CN3CCCCC3)c2)c1NCNCCCC. The Kier molecular flexibility index (Phi) is 8.61. The van der Waals surface area contributed by atoms with E-state index in [-0.39, 0.29) is 11.5 Å². The number of aliphatic imine (C=N–C) groups is 1. The van der Waals surface area contributed by atoms with Crippen molar-refractivity contribution in [3.8, 4) is 0 Å². The molecule has 168 valence electrons. The van der Waals surface area contributed by atoms with Crippen molar-refractivity contribution in [1.29, 1.82) is 5.41 Å². The first kappa shape index (κ1) is 23.0. The van der Waals surface area contributed by atoms with Gasteiger partial charge in [0.05, 0.1) is 13.2 Å². The summed E-state index contributed by atoms with van der Waals surface area (Å²) >= 11 is 0. The van der Waals surface area contributed by atoms with Gasteiger partial charge in [0.1, 0.15) is 11.5 Å². The summed E-state index contributed by atoms with van der Waals surface area (Å²) in [7, 11) is 0. The van der Waals surface area contributed by atoms with Crippen LogP contribution in [0.3, 0.4) is 0 Å². The lowest BCUT2D eigenvalue weighted by atomic mass is 10.1. The summed E-state index contributed by atoms with van der Waals surface area (Å²) in [5.74, 6) is 0.513. The summed E-state index contributed by atoms with van der Waals surface area (Å²) < 4.78 is 1.64. The second-order valence-electron chi connectivity index (χ2n) is 8.11.